The Hall–Kier alpha value is -2.17. The van der Waals surface area contributed by atoms with Gasteiger partial charge in [0.25, 0.3) is 5.91 Å². The number of nitrogens with one attached hydrogen (secondary N) is 1. The van der Waals surface area contributed by atoms with E-state index in [2.05, 4.69) is 10.3 Å². The Bertz CT molecular complexity index is 859. The zero-order chi connectivity index (χ0) is 16.4. The van der Waals surface area contributed by atoms with Crippen LogP contribution in [0.2, 0.25) is 5.02 Å². The van der Waals surface area contributed by atoms with Crippen molar-refractivity contribution in [3.8, 4) is 10.6 Å². The second kappa shape index (κ2) is 6.52. The molecule has 0 aliphatic heterocycles. The van der Waals surface area contributed by atoms with E-state index in [0.717, 1.165) is 21.8 Å². The number of hydrogen-bond acceptors (Lipinski definition) is 3. The Labute approximate surface area is 144 Å². The molecule has 0 unspecified atom stereocenters. The molecule has 3 rings (SSSR count). The number of amides is 1. The van der Waals surface area contributed by atoms with Gasteiger partial charge in [0.15, 0.2) is 0 Å². The van der Waals surface area contributed by atoms with Crippen molar-refractivity contribution >= 4 is 34.5 Å². The number of anilines is 1. The van der Waals surface area contributed by atoms with E-state index in [1.54, 1.807) is 6.07 Å². The summed E-state index contributed by atoms with van der Waals surface area (Å²) in [7, 11) is 0. The van der Waals surface area contributed by atoms with Crippen LogP contribution in [0.5, 0.6) is 0 Å². The van der Waals surface area contributed by atoms with E-state index in [0.29, 0.717) is 15.6 Å². The van der Waals surface area contributed by atoms with Crippen molar-refractivity contribution in [3.05, 3.63) is 69.7 Å². The summed E-state index contributed by atoms with van der Waals surface area (Å²) in [6.07, 6.45) is 0. The highest BCUT2D eigenvalue weighted by molar-refractivity contribution is 7.17. The maximum absolute atomic E-state index is 12.5. The molecular formula is C18H15ClN2OS. The lowest BCUT2D eigenvalue weighted by atomic mass is 10.2. The van der Waals surface area contributed by atoms with Gasteiger partial charge in [-0.25, -0.2) is 4.98 Å². The number of halogens is 1. The molecule has 0 bridgehead atoms. The average molecular weight is 343 g/mol. The molecule has 0 aliphatic carbocycles. The molecule has 2 aromatic carbocycles. The molecule has 0 fully saturated rings. The third kappa shape index (κ3) is 3.44. The maximum atomic E-state index is 12.5. The van der Waals surface area contributed by atoms with Gasteiger partial charge in [0, 0.05) is 16.3 Å². The van der Waals surface area contributed by atoms with Gasteiger partial charge in [0.2, 0.25) is 0 Å². The molecule has 3 nitrogen and oxygen atoms in total. The number of carbonyl (C=O) groups is 1. The molecule has 5 heteroatoms. The predicted molar refractivity (Wildman–Crippen MR) is 96.4 cm³/mol. The van der Waals surface area contributed by atoms with Crippen LogP contribution in [0.15, 0.2) is 48.5 Å². The van der Waals surface area contributed by atoms with Crippen LogP contribution in [-0.4, -0.2) is 10.9 Å². The summed E-state index contributed by atoms with van der Waals surface area (Å²) in [5, 5.41) is 4.35. The first-order valence-electron chi connectivity index (χ1n) is 7.15. The first-order valence-corrected chi connectivity index (χ1v) is 8.34. The molecule has 0 radical (unpaired) electrons. The third-order valence-electron chi connectivity index (χ3n) is 3.45. The van der Waals surface area contributed by atoms with Crippen LogP contribution in [0, 0.1) is 13.8 Å². The first kappa shape index (κ1) is 15.7. The molecule has 0 atom stereocenters. The minimum atomic E-state index is -0.165. The van der Waals surface area contributed by atoms with Crippen molar-refractivity contribution in [2.45, 2.75) is 13.8 Å². The van der Waals surface area contributed by atoms with Crippen LogP contribution >= 0.6 is 22.9 Å². The van der Waals surface area contributed by atoms with Crippen LogP contribution in [0.1, 0.15) is 20.9 Å². The van der Waals surface area contributed by atoms with E-state index in [1.165, 1.54) is 11.3 Å². The van der Waals surface area contributed by atoms with Crippen molar-refractivity contribution in [2.75, 3.05) is 5.32 Å². The molecule has 0 saturated carbocycles. The number of nitrogens with zero attached hydrogens (tertiary/aromatic N) is 1. The SMILES string of the molecule is Cc1ccc(NC(=O)c2sc(-c3ccccc3)nc2C)cc1Cl. The van der Waals surface area contributed by atoms with Gasteiger partial charge in [0.1, 0.15) is 9.88 Å². The molecule has 1 amide bonds. The van der Waals surface area contributed by atoms with Gasteiger partial charge in [-0.2, -0.15) is 0 Å². The number of aromatic nitrogens is 1. The minimum Gasteiger partial charge on any atom is -0.321 e. The second-order valence-corrected chi connectivity index (χ2v) is 6.62. The van der Waals surface area contributed by atoms with Gasteiger partial charge in [-0.1, -0.05) is 48.0 Å². The summed E-state index contributed by atoms with van der Waals surface area (Å²) in [5.41, 5.74) is 3.40. The summed E-state index contributed by atoms with van der Waals surface area (Å²) in [4.78, 5) is 17.6. The number of thiazole rings is 1. The van der Waals surface area contributed by atoms with Crippen LogP contribution in [0.3, 0.4) is 0 Å². The Kier molecular flexibility index (Phi) is 4.46. The van der Waals surface area contributed by atoms with Crippen LogP contribution in [0.25, 0.3) is 10.6 Å². The first-order chi connectivity index (χ1) is 11.0. The fraction of sp³-hybridized carbons (Fsp3) is 0.111. The normalized spacial score (nSPS) is 10.6. The minimum absolute atomic E-state index is 0.165. The molecule has 1 N–H and O–H groups in total. The van der Waals surface area contributed by atoms with Gasteiger partial charge in [-0.05, 0) is 31.5 Å². The summed E-state index contributed by atoms with van der Waals surface area (Å²) in [5.74, 6) is -0.165. The number of aryl methyl sites for hydroxylation is 2. The highest BCUT2D eigenvalue weighted by Gasteiger charge is 2.16. The zero-order valence-electron chi connectivity index (χ0n) is 12.8. The lowest BCUT2D eigenvalue weighted by molar-refractivity contribution is 0.103. The second-order valence-electron chi connectivity index (χ2n) is 5.22. The van der Waals surface area contributed by atoms with Crippen LogP contribution < -0.4 is 5.32 Å². The van der Waals surface area contributed by atoms with Gasteiger partial charge in [-0.15, -0.1) is 11.3 Å². The van der Waals surface area contributed by atoms with Crippen LogP contribution in [-0.2, 0) is 0 Å². The topological polar surface area (TPSA) is 42.0 Å². The molecule has 1 aromatic heterocycles. The summed E-state index contributed by atoms with van der Waals surface area (Å²) in [6.45, 7) is 3.77. The fourth-order valence-electron chi connectivity index (χ4n) is 2.17. The molecule has 0 aliphatic rings. The van der Waals surface area contributed by atoms with Crippen LogP contribution in [0.4, 0.5) is 5.69 Å². The van der Waals surface area contributed by atoms with E-state index >= 15 is 0 Å². The van der Waals surface area contributed by atoms with Gasteiger partial charge < -0.3 is 5.32 Å². The van der Waals surface area contributed by atoms with Gasteiger partial charge in [0.05, 0.1) is 5.69 Å². The molecule has 23 heavy (non-hydrogen) atoms. The van der Waals surface area contributed by atoms with Crippen molar-refractivity contribution in [1.82, 2.24) is 4.98 Å². The Morgan fingerprint density at radius 1 is 1.13 bits per heavy atom. The number of benzene rings is 2. The molecule has 1 heterocycles. The summed E-state index contributed by atoms with van der Waals surface area (Å²) in [6, 6.07) is 15.3. The largest absolute Gasteiger partial charge is 0.321 e. The molecule has 3 aromatic rings. The highest BCUT2D eigenvalue weighted by Crippen LogP contribution is 2.28. The summed E-state index contributed by atoms with van der Waals surface area (Å²) < 4.78 is 0. The smallest absolute Gasteiger partial charge is 0.267 e. The predicted octanol–water partition coefficient (Wildman–Crippen LogP) is 5.33. The lowest BCUT2D eigenvalue weighted by Gasteiger charge is -2.05. The van der Waals surface area contributed by atoms with E-state index < -0.39 is 0 Å². The average Bonchev–Trinajstić information content (AvgIpc) is 2.94. The highest BCUT2D eigenvalue weighted by atomic mass is 35.5. The summed E-state index contributed by atoms with van der Waals surface area (Å²) >= 11 is 7.49. The standard InChI is InChI=1S/C18H15ClN2OS/c1-11-8-9-14(10-15(11)19)21-17(22)16-12(2)20-18(23-16)13-6-4-3-5-7-13/h3-10H,1-2H3,(H,21,22). The van der Waals surface area contributed by atoms with E-state index in [-0.39, 0.29) is 5.91 Å². The number of hydrogen-bond donors (Lipinski definition) is 1. The maximum Gasteiger partial charge on any atom is 0.267 e. The monoisotopic (exact) mass is 342 g/mol. The van der Waals surface area contributed by atoms with Gasteiger partial charge >= 0.3 is 0 Å². The van der Waals surface area contributed by atoms with E-state index in [4.69, 9.17) is 11.6 Å². The third-order valence-corrected chi connectivity index (χ3v) is 5.07. The zero-order valence-corrected chi connectivity index (χ0v) is 14.3. The quantitative estimate of drug-likeness (QED) is 0.698. The van der Waals surface area contributed by atoms with Crippen molar-refractivity contribution in [3.63, 3.8) is 0 Å². The van der Waals surface area contributed by atoms with Gasteiger partial charge in [-0.3, -0.25) is 4.79 Å². The molecular weight excluding hydrogens is 328 g/mol. The fourth-order valence-corrected chi connectivity index (χ4v) is 3.32. The Morgan fingerprint density at radius 3 is 2.57 bits per heavy atom. The Morgan fingerprint density at radius 2 is 1.87 bits per heavy atom. The Balaban J connectivity index is 1.85. The van der Waals surface area contributed by atoms with E-state index in [1.807, 2.05) is 56.3 Å². The van der Waals surface area contributed by atoms with Crippen molar-refractivity contribution < 1.29 is 4.79 Å². The molecule has 116 valence electrons. The van der Waals surface area contributed by atoms with Crippen molar-refractivity contribution in [1.29, 1.82) is 0 Å². The van der Waals surface area contributed by atoms with Crippen molar-refractivity contribution in [2.24, 2.45) is 0 Å². The molecule has 0 spiro atoms. The van der Waals surface area contributed by atoms with E-state index in [9.17, 15) is 4.79 Å². The molecule has 0 saturated heterocycles. The number of carbonyl (C=O) groups excluding carboxylic acids is 1. The lowest BCUT2D eigenvalue weighted by Crippen LogP contribution is -2.11. The number of rotatable bonds is 3.